The lowest BCUT2D eigenvalue weighted by Gasteiger charge is -2.23. The predicted molar refractivity (Wildman–Crippen MR) is 70.1 cm³/mol. The Morgan fingerprint density at radius 3 is 2.47 bits per heavy atom. The number of imide groups is 1. The molecule has 2 amide bonds. The number of rotatable bonds is 5. The van der Waals surface area contributed by atoms with E-state index in [1.165, 1.54) is 4.90 Å². The van der Waals surface area contributed by atoms with Gasteiger partial charge in [-0.25, -0.2) is 0 Å². The maximum absolute atomic E-state index is 11.7. The summed E-state index contributed by atoms with van der Waals surface area (Å²) in [6.45, 7) is 5.03. The molecule has 5 heteroatoms. The minimum absolute atomic E-state index is 0.102. The summed E-state index contributed by atoms with van der Waals surface area (Å²) >= 11 is 0. The first kappa shape index (κ1) is 13.8. The van der Waals surface area contributed by atoms with E-state index in [1.807, 2.05) is 12.1 Å². The van der Waals surface area contributed by atoms with Crippen LogP contribution in [0.4, 0.5) is 0 Å². The second-order valence-corrected chi connectivity index (χ2v) is 5.13. The fraction of sp³-hybridized carbons (Fsp3) is 0.571. The molecular weight excluding hydrogens is 244 g/mol. The van der Waals surface area contributed by atoms with Gasteiger partial charge in [0.2, 0.25) is 11.8 Å². The van der Waals surface area contributed by atoms with Crippen molar-refractivity contribution in [2.24, 2.45) is 0 Å². The lowest BCUT2D eigenvalue weighted by molar-refractivity contribution is -0.149. The Bertz CT molecular complexity index is 449. The van der Waals surface area contributed by atoms with E-state index in [1.54, 1.807) is 0 Å². The molecule has 0 atom stereocenters. The first-order valence-electron chi connectivity index (χ1n) is 6.70. The van der Waals surface area contributed by atoms with Crippen molar-refractivity contribution < 1.29 is 14.0 Å². The molecule has 1 aromatic rings. The molecule has 0 aliphatic carbocycles. The molecule has 1 aromatic heterocycles. The van der Waals surface area contributed by atoms with Gasteiger partial charge in [-0.1, -0.05) is 13.8 Å². The molecule has 0 aromatic carbocycles. The molecule has 0 saturated carbocycles. The third kappa shape index (κ3) is 3.67. The average Bonchev–Trinajstić information content (AvgIpc) is 2.79. The highest BCUT2D eigenvalue weighted by Gasteiger charge is 2.26. The van der Waals surface area contributed by atoms with E-state index in [4.69, 9.17) is 4.42 Å². The molecule has 0 radical (unpaired) electrons. The average molecular weight is 264 g/mol. The van der Waals surface area contributed by atoms with Gasteiger partial charge in [-0.3, -0.25) is 14.5 Å². The smallest absolute Gasteiger partial charge is 0.229 e. The molecule has 1 fully saturated rings. The van der Waals surface area contributed by atoms with Crippen LogP contribution in [0.1, 0.15) is 44.6 Å². The summed E-state index contributed by atoms with van der Waals surface area (Å²) in [7, 11) is 0. The second kappa shape index (κ2) is 6.02. The lowest BCUT2D eigenvalue weighted by atomic mass is 10.1. The Morgan fingerprint density at radius 2 is 1.84 bits per heavy atom. The monoisotopic (exact) mass is 264 g/mol. The fourth-order valence-corrected chi connectivity index (χ4v) is 2.04. The van der Waals surface area contributed by atoms with Crippen LogP contribution < -0.4 is 5.32 Å². The zero-order valence-electron chi connectivity index (χ0n) is 11.4. The van der Waals surface area contributed by atoms with Crippen LogP contribution in [-0.2, 0) is 22.7 Å². The lowest BCUT2D eigenvalue weighted by Crippen LogP contribution is -2.39. The van der Waals surface area contributed by atoms with E-state index in [0.29, 0.717) is 37.6 Å². The first-order valence-corrected chi connectivity index (χ1v) is 6.70. The second-order valence-electron chi connectivity index (χ2n) is 5.13. The summed E-state index contributed by atoms with van der Waals surface area (Å²) in [6.07, 6.45) is 1.57. The molecule has 0 unspecified atom stereocenters. The fourth-order valence-electron chi connectivity index (χ4n) is 2.04. The van der Waals surface area contributed by atoms with Gasteiger partial charge < -0.3 is 9.73 Å². The van der Waals surface area contributed by atoms with Gasteiger partial charge in [0.15, 0.2) is 0 Å². The number of furan rings is 1. The van der Waals surface area contributed by atoms with Gasteiger partial charge in [-0.2, -0.15) is 0 Å². The third-order valence-corrected chi connectivity index (χ3v) is 3.10. The van der Waals surface area contributed by atoms with E-state index in [-0.39, 0.29) is 18.4 Å². The van der Waals surface area contributed by atoms with Crippen LogP contribution in [0.25, 0.3) is 0 Å². The highest BCUT2D eigenvalue weighted by Crippen LogP contribution is 2.17. The molecular formula is C14H20N2O3. The SMILES string of the molecule is CC(C)NCc1ccc(CN2C(=O)CCCC2=O)o1. The summed E-state index contributed by atoms with van der Waals surface area (Å²) in [5.41, 5.74) is 0. The largest absolute Gasteiger partial charge is 0.463 e. The number of carbonyl (C=O) groups is 2. The van der Waals surface area contributed by atoms with Crippen molar-refractivity contribution in [1.82, 2.24) is 10.2 Å². The molecule has 1 aliphatic heterocycles. The van der Waals surface area contributed by atoms with Gasteiger partial charge in [-0.15, -0.1) is 0 Å². The molecule has 1 aliphatic rings. The maximum atomic E-state index is 11.7. The summed E-state index contributed by atoms with van der Waals surface area (Å²) < 4.78 is 5.62. The van der Waals surface area contributed by atoms with Crippen molar-refractivity contribution in [2.45, 2.75) is 52.2 Å². The molecule has 0 bridgehead atoms. The normalized spacial score (nSPS) is 16.5. The predicted octanol–water partition coefficient (Wildman–Crippen LogP) is 1.82. The number of carbonyl (C=O) groups excluding carboxylic acids is 2. The minimum Gasteiger partial charge on any atom is -0.463 e. The van der Waals surface area contributed by atoms with Crippen molar-refractivity contribution in [3.63, 3.8) is 0 Å². The van der Waals surface area contributed by atoms with Gasteiger partial charge >= 0.3 is 0 Å². The van der Waals surface area contributed by atoms with Crippen LogP contribution in [0, 0.1) is 0 Å². The van der Waals surface area contributed by atoms with E-state index in [9.17, 15) is 9.59 Å². The Morgan fingerprint density at radius 1 is 1.21 bits per heavy atom. The molecule has 1 N–H and O–H groups in total. The molecule has 104 valence electrons. The van der Waals surface area contributed by atoms with Gasteiger partial charge in [0.1, 0.15) is 11.5 Å². The summed E-state index contributed by atoms with van der Waals surface area (Å²) in [6, 6.07) is 4.09. The van der Waals surface area contributed by atoms with Gasteiger partial charge in [-0.05, 0) is 18.6 Å². The van der Waals surface area contributed by atoms with Crippen LogP contribution >= 0.6 is 0 Å². The summed E-state index contributed by atoms with van der Waals surface area (Å²) in [5.74, 6) is 1.27. The highest BCUT2D eigenvalue weighted by molar-refractivity contribution is 5.97. The minimum atomic E-state index is -0.102. The zero-order chi connectivity index (χ0) is 13.8. The number of likely N-dealkylation sites (tertiary alicyclic amines) is 1. The summed E-state index contributed by atoms with van der Waals surface area (Å²) in [4.78, 5) is 24.7. The van der Waals surface area contributed by atoms with Crippen molar-refractivity contribution in [3.8, 4) is 0 Å². The molecule has 0 spiro atoms. The molecule has 5 nitrogen and oxygen atoms in total. The van der Waals surface area contributed by atoms with E-state index in [0.717, 1.165) is 5.76 Å². The Hall–Kier alpha value is -1.62. The molecule has 2 heterocycles. The van der Waals surface area contributed by atoms with Crippen LogP contribution in [-0.4, -0.2) is 22.8 Å². The number of nitrogens with zero attached hydrogens (tertiary/aromatic N) is 1. The molecule has 2 rings (SSSR count). The van der Waals surface area contributed by atoms with Crippen molar-refractivity contribution in [3.05, 3.63) is 23.7 Å². The van der Waals surface area contributed by atoms with Gasteiger partial charge in [0, 0.05) is 18.9 Å². The van der Waals surface area contributed by atoms with E-state index in [2.05, 4.69) is 19.2 Å². The number of nitrogens with one attached hydrogen (secondary N) is 1. The van der Waals surface area contributed by atoms with E-state index >= 15 is 0 Å². The topological polar surface area (TPSA) is 62.6 Å². The number of amides is 2. The van der Waals surface area contributed by atoms with Crippen LogP contribution in [0.5, 0.6) is 0 Å². The zero-order valence-corrected chi connectivity index (χ0v) is 11.4. The number of piperidine rings is 1. The summed E-state index contributed by atoms with van der Waals surface area (Å²) in [5, 5.41) is 3.26. The Balaban J connectivity index is 1.95. The molecule has 1 saturated heterocycles. The Kier molecular flexibility index (Phi) is 4.37. The van der Waals surface area contributed by atoms with Crippen molar-refractivity contribution in [2.75, 3.05) is 0 Å². The maximum Gasteiger partial charge on any atom is 0.229 e. The first-order chi connectivity index (χ1) is 9.06. The van der Waals surface area contributed by atoms with Gasteiger partial charge in [0.05, 0.1) is 13.1 Å². The number of hydrogen-bond acceptors (Lipinski definition) is 4. The van der Waals surface area contributed by atoms with Crippen molar-refractivity contribution in [1.29, 1.82) is 0 Å². The van der Waals surface area contributed by atoms with Crippen LogP contribution in [0.15, 0.2) is 16.5 Å². The van der Waals surface area contributed by atoms with Crippen molar-refractivity contribution >= 4 is 11.8 Å². The number of hydrogen-bond donors (Lipinski definition) is 1. The third-order valence-electron chi connectivity index (χ3n) is 3.10. The van der Waals surface area contributed by atoms with Crippen LogP contribution in [0.2, 0.25) is 0 Å². The Labute approximate surface area is 113 Å². The highest BCUT2D eigenvalue weighted by atomic mass is 16.3. The standard InChI is InChI=1S/C14H20N2O3/c1-10(2)15-8-11-6-7-12(19-11)9-16-13(17)4-3-5-14(16)18/h6-7,10,15H,3-5,8-9H2,1-2H3. The van der Waals surface area contributed by atoms with Crippen LogP contribution in [0.3, 0.4) is 0 Å². The quantitative estimate of drug-likeness (QED) is 0.824. The van der Waals surface area contributed by atoms with Gasteiger partial charge in [0.25, 0.3) is 0 Å². The van der Waals surface area contributed by atoms with E-state index < -0.39 is 0 Å². The molecule has 19 heavy (non-hydrogen) atoms.